The number of phenols is 4. The number of hydrogen-bond acceptors (Lipinski definition) is 19. The number of carbonyl (C=O) groups is 1. The molecule has 5 rings (SSSR count). The second-order valence-corrected chi connectivity index (χ2v) is 12.8. The van der Waals surface area contributed by atoms with Crippen LogP contribution < -0.4 is 0 Å². The minimum absolute atomic E-state index is 0.137. The van der Waals surface area contributed by atoms with Crippen molar-refractivity contribution in [2.75, 3.05) is 19.8 Å². The van der Waals surface area contributed by atoms with E-state index in [1.54, 1.807) is 0 Å². The van der Waals surface area contributed by atoms with E-state index >= 15 is 0 Å². The van der Waals surface area contributed by atoms with E-state index in [1.165, 1.54) is 49.4 Å². The highest BCUT2D eigenvalue weighted by Gasteiger charge is 2.54. The summed E-state index contributed by atoms with van der Waals surface area (Å²) in [6.45, 7) is -0.0224. The molecule has 19 heteroatoms. The van der Waals surface area contributed by atoms with Crippen LogP contribution in [0, 0.1) is 0 Å². The van der Waals surface area contributed by atoms with Crippen molar-refractivity contribution >= 4 is 12.0 Å². The molecule has 3 aliphatic rings. The first-order valence-electron chi connectivity index (χ1n) is 16.6. The van der Waals surface area contributed by atoms with Crippen molar-refractivity contribution in [2.45, 2.75) is 99.4 Å². The number of aromatic hydroxyl groups is 4. The third kappa shape index (κ3) is 9.53. The van der Waals surface area contributed by atoms with E-state index in [2.05, 4.69) is 0 Å². The van der Waals surface area contributed by atoms with E-state index in [4.69, 9.17) is 33.2 Å². The van der Waals surface area contributed by atoms with E-state index in [0.717, 1.165) is 6.08 Å². The number of ether oxygens (including phenoxy) is 7. The molecule has 14 atom stereocenters. The van der Waals surface area contributed by atoms with Gasteiger partial charge in [-0.2, -0.15) is 0 Å². The lowest BCUT2D eigenvalue weighted by Gasteiger charge is -2.48. The van der Waals surface area contributed by atoms with Crippen molar-refractivity contribution in [2.24, 2.45) is 0 Å². The van der Waals surface area contributed by atoms with Crippen LogP contribution in [0.3, 0.4) is 0 Å². The van der Waals surface area contributed by atoms with Gasteiger partial charge in [-0.25, -0.2) is 4.79 Å². The van der Waals surface area contributed by atoms with Crippen LogP contribution in [0.15, 0.2) is 42.5 Å². The van der Waals surface area contributed by atoms with Crippen LogP contribution in [0.25, 0.3) is 6.08 Å². The zero-order valence-corrected chi connectivity index (χ0v) is 28.2. The molecular formula is C34H44O19. The summed E-state index contributed by atoms with van der Waals surface area (Å²) in [5, 5.41) is 113. The Labute approximate surface area is 302 Å². The van der Waals surface area contributed by atoms with Crippen LogP contribution in [0.1, 0.15) is 18.1 Å². The van der Waals surface area contributed by atoms with Crippen molar-refractivity contribution < 1.29 is 94.1 Å². The molecular weight excluding hydrogens is 712 g/mol. The minimum atomic E-state index is -1.82. The van der Waals surface area contributed by atoms with Gasteiger partial charge in [0.15, 0.2) is 48.0 Å². The number of esters is 1. The Kier molecular flexibility index (Phi) is 13.5. The Morgan fingerprint density at radius 2 is 1.43 bits per heavy atom. The monoisotopic (exact) mass is 756 g/mol. The minimum Gasteiger partial charge on any atom is -0.504 e. The summed E-state index contributed by atoms with van der Waals surface area (Å²) < 4.78 is 40.1. The smallest absolute Gasteiger partial charge is 0.331 e. The molecule has 0 radical (unpaired) electrons. The standard InChI is InChI=1S/C34H44O19/c1-14-24(42)26(44)31(53-32-27(45)25(43)21(40)13-48-32)34(49-14)52-30-28(46)33(47-9-8-16-3-6-18(37)20(39)11-16)50-22(12-35)29(30)51-23(41)7-4-15-2-5-17(36)19(38)10-15/h2-7,10-11,14,21-22,24-40,42-46H,8-9,12-13H2,1H3/t14-,21-,22+,24-,25+,26+,27+,28+,29+,30+,31+,32+,33+,34-/m0/s1. The average molecular weight is 757 g/mol. The van der Waals surface area contributed by atoms with E-state index in [0.29, 0.717) is 11.1 Å². The van der Waals surface area contributed by atoms with Crippen LogP contribution in [0.5, 0.6) is 23.0 Å². The molecule has 0 aliphatic carbocycles. The Hall–Kier alpha value is -3.67. The first-order chi connectivity index (χ1) is 25.2. The first kappa shape index (κ1) is 40.5. The SMILES string of the molecule is C[C@@H]1O[C@@H](O[C@@H]2[C@@H](O)[C@H](OCCc3ccc(O)c(O)c3)O[C@H](CO)[C@H]2OC(=O)C=Cc2ccc(O)c(O)c2)[C@H](O[C@H]2OC[C@H](O)[C@@H](O)[C@H]2O)[C@H](O)[C@H]1O. The number of carbonyl (C=O) groups excluding carboxylic acids is 1. The zero-order chi connectivity index (χ0) is 38.6. The van der Waals surface area contributed by atoms with Gasteiger partial charge >= 0.3 is 5.97 Å². The number of aliphatic hydroxyl groups excluding tert-OH is 7. The molecule has 0 bridgehead atoms. The third-order valence-electron chi connectivity index (χ3n) is 8.99. The fraction of sp³-hybridized carbons (Fsp3) is 0.559. The van der Waals surface area contributed by atoms with Gasteiger partial charge in [0, 0.05) is 6.08 Å². The molecule has 19 nitrogen and oxygen atoms in total. The maximum Gasteiger partial charge on any atom is 0.331 e. The molecule has 3 fully saturated rings. The second kappa shape index (κ2) is 17.6. The highest BCUT2D eigenvalue weighted by molar-refractivity contribution is 5.87. The van der Waals surface area contributed by atoms with Gasteiger partial charge in [0.25, 0.3) is 0 Å². The fourth-order valence-corrected chi connectivity index (χ4v) is 5.94. The van der Waals surface area contributed by atoms with E-state index in [1.807, 2.05) is 0 Å². The number of aliphatic hydroxyl groups is 7. The van der Waals surface area contributed by atoms with E-state index < -0.39 is 111 Å². The lowest BCUT2D eigenvalue weighted by Crippen LogP contribution is -2.66. The number of hydrogen-bond donors (Lipinski definition) is 11. The lowest BCUT2D eigenvalue weighted by atomic mass is 9.96. The molecule has 0 spiro atoms. The molecule has 0 aromatic heterocycles. The van der Waals surface area contributed by atoms with Crippen LogP contribution in [-0.2, 0) is 44.4 Å². The predicted octanol–water partition coefficient (Wildman–Crippen LogP) is -2.55. The number of benzene rings is 2. The molecule has 294 valence electrons. The van der Waals surface area contributed by atoms with Gasteiger partial charge in [0.05, 0.1) is 25.9 Å². The number of rotatable bonds is 12. The Morgan fingerprint density at radius 1 is 0.755 bits per heavy atom. The van der Waals surface area contributed by atoms with E-state index in [-0.39, 0.29) is 30.3 Å². The molecule has 2 aromatic carbocycles. The zero-order valence-electron chi connectivity index (χ0n) is 28.2. The molecule has 0 amide bonds. The molecule has 11 N–H and O–H groups in total. The van der Waals surface area contributed by atoms with Gasteiger partial charge in [0.1, 0.15) is 54.9 Å². The molecule has 3 heterocycles. The largest absolute Gasteiger partial charge is 0.504 e. The summed E-state index contributed by atoms with van der Waals surface area (Å²) in [6, 6.07) is 7.85. The maximum absolute atomic E-state index is 13.1. The van der Waals surface area contributed by atoms with Crippen molar-refractivity contribution in [1.82, 2.24) is 0 Å². The van der Waals surface area contributed by atoms with Crippen molar-refractivity contribution in [1.29, 1.82) is 0 Å². The predicted molar refractivity (Wildman–Crippen MR) is 174 cm³/mol. The molecule has 53 heavy (non-hydrogen) atoms. The topological polar surface area (TPSA) is 304 Å². The molecule has 0 saturated carbocycles. The van der Waals surface area contributed by atoms with Crippen LogP contribution in [0.2, 0.25) is 0 Å². The third-order valence-corrected chi connectivity index (χ3v) is 8.99. The fourth-order valence-electron chi connectivity index (χ4n) is 5.94. The second-order valence-electron chi connectivity index (χ2n) is 12.8. The lowest BCUT2D eigenvalue weighted by molar-refractivity contribution is -0.381. The van der Waals surface area contributed by atoms with Gasteiger partial charge in [0.2, 0.25) is 0 Å². The average Bonchev–Trinajstić information content (AvgIpc) is 3.13. The molecule has 2 aromatic rings. The summed E-state index contributed by atoms with van der Waals surface area (Å²) in [5.74, 6) is -2.58. The normalized spacial score (nSPS) is 36.4. The molecule has 3 aliphatic heterocycles. The summed E-state index contributed by atoms with van der Waals surface area (Å²) in [4.78, 5) is 13.1. The summed E-state index contributed by atoms with van der Waals surface area (Å²) in [5.41, 5.74) is 0.834. The molecule has 0 unspecified atom stereocenters. The Balaban J connectivity index is 1.39. The van der Waals surface area contributed by atoms with Crippen LogP contribution in [-0.4, -0.2) is 168 Å². The first-order valence-corrected chi connectivity index (χ1v) is 16.6. The highest BCUT2D eigenvalue weighted by Crippen LogP contribution is 2.34. The van der Waals surface area contributed by atoms with Crippen molar-refractivity contribution in [3.05, 3.63) is 53.6 Å². The maximum atomic E-state index is 13.1. The van der Waals surface area contributed by atoms with Crippen LogP contribution >= 0.6 is 0 Å². The Morgan fingerprint density at radius 3 is 2.11 bits per heavy atom. The highest BCUT2D eigenvalue weighted by atomic mass is 16.8. The quantitative estimate of drug-likeness (QED) is 0.0603. The van der Waals surface area contributed by atoms with Crippen molar-refractivity contribution in [3.8, 4) is 23.0 Å². The van der Waals surface area contributed by atoms with Gasteiger partial charge in [-0.1, -0.05) is 12.1 Å². The summed E-state index contributed by atoms with van der Waals surface area (Å²) >= 11 is 0. The van der Waals surface area contributed by atoms with Gasteiger partial charge in [-0.15, -0.1) is 0 Å². The van der Waals surface area contributed by atoms with Gasteiger partial charge in [-0.05, 0) is 54.8 Å². The van der Waals surface area contributed by atoms with Gasteiger partial charge < -0.3 is 89.3 Å². The van der Waals surface area contributed by atoms with Gasteiger partial charge in [-0.3, -0.25) is 0 Å². The van der Waals surface area contributed by atoms with Crippen LogP contribution in [0.4, 0.5) is 0 Å². The number of phenolic OH excluding ortho intramolecular Hbond substituents is 4. The summed E-state index contributed by atoms with van der Waals surface area (Å²) in [6.07, 6.45) is -20.3. The van der Waals surface area contributed by atoms with Crippen molar-refractivity contribution in [3.63, 3.8) is 0 Å². The Bertz CT molecular complexity index is 1560. The molecule has 3 saturated heterocycles. The summed E-state index contributed by atoms with van der Waals surface area (Å²) in [7, 11) is 0. The van der Waals surface area contributed by atoms with E-state index in [9.17, 15) is 61.0 Å².